The summed E-state index contributed by atoms with van der Waals surface area (Å²) in [5, 5.41) is 0. The van der Waals surface area contributed by atoms with Crippen molar-refractivity contribution < 1.29 is 0 Å². The van der Waals surface area contributed by atoms with Gasteiger partial charge in [-0.2, -0.15) is 0 Å². The van der Waals surface area contributed by atoms with E-state index in [2.05, 4.69) is 302 Å². The van der Waals surface area contributed by atoms with Crippen molar-refractivity contribution in [2.75, 3.05) is 4.90 Å². The number of rotatable bonds is 7. The van der Waals surface area contributed by atoms with Gasteiger partial charge in [-0.15, -0.1) is 0 Å². The molecule has 1 nitrogen and oxygen atoms in total. The average molecular weight is 952 g/mol. The molecule has 0 bridgehead atoms. The number of hydrogen-bond acceptors (Lipinski definition) is 1. The van der Waals surface area contributed by atoms with Gasteiger partial charge in [-0.1, -0.05) is 267 Å². The Kier molecular flexibility index (Phi) is 9.77. The van der Waals surface area contributed by atoms with Gasteiger partial charge in [0.2, 0.25) is 0 Å². The standard InChI is InChI=1S/C74H49N/c1-5-24-50(25-6-1)56-32-13-15-34-58(56)52-44-46-69-67(48-52)74(63-39-20-17-36-60(63)61-37-18-21-40-64(61)74)68-49-53(59-35-16-14-33-57(59)51-26-7-2-8-27-51)45-47-70(68)75(69)71-43-23-42-66-72(71)62-38-19-22-41-65(62)73(66,54-28-9-3-10-29-54)55-30-11-4-12-31-55/h1-49H. The molecule has 0 atom stereocenters. The monoisotopic (exact) mass is 951 g/mol. The highest BCUT2D eigenvalue weighted by molar-refractivity contribution is 6.03. The molecule has 2 aliphatic carbocycles. The van der Waals surface area contributed by atoms with Crippen LogP contribution in [0.5, 0.6) is 0 Å². The van der Waals surface area contributed by atoms with Gasteiger partial charge in [0.1, 0.15) is 0 Å². The molecule has 12 aromatic rings. The third kappa shape index (κ3) is 6.19. The van der Waals surface area contributed by atoms with Gasteiger partial charge in [0, 0.05) is 5.56 Å². The first kappa shape index (κ1) is 43.1. The van der Waals surface area contributed by atoms with Gasteiger partial charge >= 0.3 is 0 Å². The molecule has 0 aromatic heterocycles. The second-order valence-corrected chi connectivity index (χ2v) is 20.2. The van der Waals surface area contributed by atoms with Gasteiger partial charge in [0.15, 0.2) is 0 Å². The highest BCUT2D eigenvalue weighted by Crippen LogP contribution is 2.66. The van der Waals surface area contributed by atoms with Crippen LogP contribution in [0.15, 0.2) is 297 Å². The van der Waals surface area contributed by atoms with Crippen LogP contribution < -0.4 is 4.90 Å². The van der Waals surface area contributed by atoms with E-state index in [9.17, 15) is 0 Å². The van der Waals surface area contributed by atoms with Gasteiger partial charge in [-0.05, 0) is 136 Å². The Hall–Kier alpha value is -9.56. The number of anilines is 3. The number of nitrogens with zero attached hydrogens (tertiary/aromatic N) is 1. The zero-order valence-corrected chi connectivity index (χ0v) is 41.2. The minimum Gasteiger partial charge on any atom is -0.309 e. The number of hydrogen-bond donors (Lipinski definition) is 0. The minimum absolute atomic E-state index is 0.563. The molecule has 0 fully saturated rings. The molecule has 3 aliphatic rings. The van der Waals surface area contributed by atoms with E-state index in [1.165, 1.54) is 111 Å². The maximum absolute atomic E-state index is 2.63. The topological polar surface area (TPSA) is 3.24 Å². The molecule has 350 valence electrons. The normalized spacial score (nSPS) is 13.8. The molecule has 15 rings (SSSR count). The molecule has 0 unspecified atom stereocenters. The van der Waals surface area contributed by atoms with Crippen LogP contribution in [-0.2, 0) is 10.8 Å². The highest BCUT2D eigenvalue weighted by Gasteiger charge is 2.53. The van der Waals surface area contributed by atoms with E-state index in [4.69, 9.17) is 0 Å². The Morgan fingerprint density at radius 1 is 0.200 bits per heavy atom. The summed E-state index contributed by atoms with van der Waals surface area (Å²) < 4.78 is 0. The predicted octanol–water partition coefficient (Wildman–Crippen LogP) is 18.9. The fourth-order valence-electron chi connectivity index (χ4n) is 13.6. The van der Waals surface area contributed by atoms with Crippen molar-refractivity contribution in [3.8, 4) is 66.8 Å². The van der Waals surface area contributed by atoms with Crippen LogP contribution in [0, 0.1) is 0 Å². The van der Waals surface area contributed by atoms with Gasteiger partial charge < -0.3 is 4.90 Å². The smallest absolute Gasteiger partial charge is 0.0754 e. The first-order valence-electron chi connectivity index (χ1n) is 26.2. The third-order valence-electron chi connectivity index (χ3n) is 16.6. The number of fused-ring (bicyclic) bond motifs is 12. The molecule has 1 heterocycles. The lowest BCUT2D eigenvalue weighted by molar-refractivity contribution is 0.752. The zero-order chi connectivity index (χ0) is 49.5. The van der Waals surface area contributed by atoms with Crippen LogP contribution in [0.2, 0.25) is 0 Å². The summed E-state index contributed by atoms with van der Waals surface area (Å²) in [6, 6.07) is 111. The molecular formula is C74H49N. The van der Waals surface area contributed by atoms with Crippen molar-refractivity contribution in [2.24, 2.45) is 0 Å². The molecule has 0 N–H and O–H groups in total. The van der Waals surface area contributed by atoms with Gasteiger partial charge in [-0.3, -0.25) is 0 Å². The van der Waals surface area contributed by atoms with E-state index < -0.39 is 10.8 Å². The largest absolute Gasteiger partial charge is 0.309 e. The molecule has 12 aromatic carbocycles. The highest BCUT2D eigenvalue weighted by atomic mass is 15.2. The summed E-state index contributed by atoms with van der Waals surface area (Å²) in [6.07, 6.45) is 0. The van der Waals surface area contributed by atoms with E-state index in [1.807, 2.05) is 0 Å². The van der Waals surface area contributed by atoms with Crippen LogP contribution >= 0.6 is 0 Å². The van der Waals surface area contributed by atoms with E-state index in [0.717, 1.165) is 17.1 Å². The maximum atomic E-state index is 2.63. The van der Waals surface area contributed by atoms with Crippen molar-refractivity contribution in [3.63, 3.8) is 0 Å². The van der Waals surface area contributed by atoms with Gasteiger partial charge in [-0.25, -0.2) is 0 Å². The first-order valence-corrected chi connectivity index (χ1v) is 26.2. The quantitative estimate of drug-likeness (QED) is 0.154. The van der Waals surface area contributed by atoms with E-state index in [1.54, 1.807) is 0 Å². The second kappa shape index (κ2) is 17.0. The molecule has 1 spiro atoms. The Labute approximate surface area is 439 Å². The van der Waals surface area contributed by atoms with Crippen molar-refractivity contribution in [1.82, 2.24) is 0 Å². The molecule has 0 amide bonds. The van der Waals surface area contributed by atoms with Crippen LogP contribution in [-0.4, -0.2) is 0 Å². The number of benzene rings is 12. The predicted molar refractivity (Wildman–Crippen MR) is 311 cm³/mol. The van der Waals surface area contributed by atoms with Gasteiger partial charge in [0.05, 0.1) is 27.9 Å². The SMILES string of the molecule is c1ccc(-c2ccccc2-c2ccc3c(c2)C2(c4ccccc4-c4ccccc42)c2cc(-c4ccccc4-c4ccccc4)ccc2N3c2cccc3c2-c2ccccc2C3(c2ccccc2)c2ccccc2)cc1. The summed E-state index contributed by atoms with van der Waals surface area (Å²) in [5.41, 5.74) is 27.0. The lowest BCUT2D eigenvalue weighted by Crippen LogP contribution is -2.36. The van der Waals surface area contributed by atoms with Crippen LogP contribution in [0.1, 0.15) is 44.5 Å². The zero-order valence-electron chi connectivity index (χ0n) is 41.2. The average Bonchev–Trinajstić information content (AvgIpc) is 3.97. The minimum atomic E-state index is -0.697. The second-order valence-electron chi connectivity index (χ2n) is 20.2. The van der Waals surface area contributed by atoms with Crippen LogP contribution in [0.4, 0.5) is 17.1 Å². The Morgan fingerprint density at radius 3 is 1.00 bits per heavy atom. The molecule has 1 heteroatoms. The molecular weight excluding hydrogens is 903 g/mol. The Balaban J connectivity index is 1.08. The summed E-state index contributed by atoms with van der Waals surface area (Å²) in [5.74, 6) is 0. The Bertz CT molecular complexity index is 3950. The fraction of sp³-hybridized carbons (Fsp3) is 0.0270. The maximum Gasteiger partial charge on any atom is 0.0754 e. The summed E-state index contributed by atoms with van der Waals surface area (Å²) >= 11 is 0. The summed E-state index contributed by atoms with van der Waals surface area (Å²) in [7, 11) is 0. The fourth-order valence-corrected chi connectivity index (χ4v) is 13.6. The summed E-state index contributed by atoms with van der Waals surface area (Å²) in [6.45, 7) is 0. The summed E-state index contributed by atoms with van der Waals surface area (Å²) in [4.78, 5) is 2.63. The van der Waals surface area contributed by atoms with E-state index in [-0.39, 0.29) is 0 Å². The first-order chi connectivity index (χ1) is 37.2. The molecule has 0 saturated carbocycles. The van der Waals surface area contributed by atoms with Crippen molar-refractivity contribution in [2.45, 2.75) is 10.8 Å². The van der Waals surface area contributed by atoms with Crippen LogP contribution in [0.25, 0.3) is 66.8 Å². The molecule has 75 heavy (non-hydrogen) atoms. The lowest BCUT2D eigenvalue weighted by Gasteiger charge is -2.46. The molecule has 1 aliphatic heterocycles. The van der Waals surface area contributed by atoms with Gasteiger partial charge in [0.25, 0.3) is 0 Å². The van der Waals surface area contributed by atoms with Crippen molar-refractivity contribution in [1.29, 1.82) is 0 Å². The molecule has 0 radical (unpaired) electrons. The van der Waals surface area contributed by atoms with E-state index in [0.29, 0.717) is 0 Å². The Morgan fingerprint density at radius 2 is 0.547 bits per heavy atom. The molecule has 0 saturated heterocycles. The van der Waals surface area contributed by atoms with Crippen molar-refractivity contribution in [3.05, 3.63) is 342 Å². The van der Waals surface area contributed by atoms with E-state index >= 15 is 0 Å². The third-order valence-corrected chi connectivity index (χ3v) is 16.6. The van der Waals surface area contributed by atoms with Crippen LogP contribution in [0.3, 0.4) is 0 Å². The lowest BCUT2D eigenvalue weighted by atomic mass is 9.63. The van der Waals surface area contributed by atoms with Crippen molar-refractivity contribution >= 4 is 17.1 Å².